The molecule has 0 aromatic heterocycles. The monoisotopic (exact) mass is 287 g/mol. The maximum Gasteiger partial charge on any atom is 0.340 e. The largest absolute Gasteiger partial charge is 0.465 e. The predicted octanol–water partition coefficient (Wildman–Crippen LogP) is 1.85. The Hall–Kier alpha value is -2.02. The van der Waals surface area contributed by atoms with Gasteiger partial charge in [0.2, 0.25) is 5.91 Å². The number of benzene rings is 1. The van der Waals surface area contributed by atoms with Gasteiger partial charge in [0, 0.05) is 12.5 Å². The quantitative estimate of drug-likeness (QED) is 0.810. The topological polar surface area (TPSA) is 75.6 Å². The molecule has 1 atom stereocenters. The summed E-state index contributed by atoms with van der Waals surface area (Å²) < 4.78 is 31.2. The van der Waals surface area contributed by atoms with E-state index in [0.29, 0.717) is 6.07 Å². The molecule has 110 valence electrons. The van der Waals surface area contributed by atoms with Gasteiger partial charge >= 0.3 is 5.97 Å². The van der Waals surface area contributed by atoms with Crippen LogP contribution in [0.5, 0.6) is 0 Å². The number of nitrogens with one attached hydrogen (secondary N) is 1. The Bertz CT molecular complexity index is 517. The number of carbonyl (C=O) groups is 2. The van der Waals surface area contributed by atoms with E-state index in [-0.39, 0.29) is 18.5 Å². The SMILES string of the molecule is COC(=O)c1cc(NC(=O)CCC(C)O)c(F)cc1F. The lowest BCUT2D eigenvalue weighted by Gasteiger charge is -2.09. The minimum Gasteiger partial charge on any atom is -0.465 e. The molecule has 1 amide bonds. The van der Waals surface area contributed by atoms with Crippen molar-refractivity contribution in [3.05, 3.63) is 29.3 Å². The van der Waals surface area contributed by atoms with Gasteiger partial charge in [0.1, 0.15) is 11.6 Å². The lowest BCUT2D eigenvalue weighted by molar-refractivity contribution is -0.116. The number of hydrogen-bond donors (Lipinski definition) is 2. The third kappa shape index (κ3) is 4.27. The van der Waals surface area contributed by atoms with Crippen molar-refractivity contribution in [2.45, 2.75) is 25.9 Å². The van der Waals surface area contributed by atoms with Crippen molar-refractivity contribution in [1.29, 1.82) is 0 Å². The Labute approximate surface area is 114 Å². The summed E-state index contributed by atoms with van der Waals surface area (Å²) in [6, 6.07) is 1.37. The Morgan fingerprint density at radius 1 is 1.35 bits per heavy atom. The fraction of sp³-hybridized carbons (Fsp3) is 0.385. The van der Waals surface area contributed by atoms with E-state index in [2.05, 4.69) is 10.1 Å². The van der Waals surface area contributed by atoms with Crippen molar-refractivity contribution >= 4 is 17.6 Å². The molecule has 0 aliphatic rings. The molecule has 1 aromatic rings. The molecule has 0 spiro atoms. The summed E-state index contributed by atoms with van der Waals surface area (Å²) in [7, 11) is 1.06. The number of methoxy groups -OCH3 is 1. The molecule has 1 rings (SSSR count). The zero-order valence-electron chi connectivity index (χ0n) is 11.1. The highest BCUT2D eigenvalue weighted by atomic mass is 19.1. The first-order chi connectivity index (χ1) is 9.35. The highest BCUT2D eigenvalue weighted by Gasteiger charge is 2.17. The number of aliphatic hydroxyl groups excluding tert-OH is 1. The molecule has 0 saturated heterocycles. The van der Waals surface area contributed by atoms with Crippen LogP contribution in [-0.4, -0.2) is 30.2 Å². The van der Waals surface area contributed by atoms with E-state index in [1.165, 1.54) is 6.92 Å². The Kier molecular flexibility index (Phi) is 5.57. The molecule has 0 saturated carbocycles. The molecule has 5 nitrogen and oxygen atoms in total. The minimum absolute atomic E-state index is 0.0258. The van der Waals surface area contributed by atoms with Gasteiger partial charge in [-0.3, -0.25) is 4.79 Å². The van der Waals surface area contributed by atoms with Crippen LogP contribution in [0, 0.1) is 11.6 Å². The number of carbonyl (C=O) groups excluding carboxylic acids is 2. The summed E-state index contributed by atoms with van der Waals surface area (Å²) in [5, 5.41) is 11.3. The number of aliphatic hydroxyl groups is 1. The van der Waals surface area contributed by atoms with Crippen LogP contribution in [0.1, 0.15) is 30.1 Å². The summed E-state index contributed by atoms with van der Waals surface area (Å²) in [6.45, 7) is 1.51. The van der Waals surface area contributed by atoms with Gasteiger partial charge in [0.25, 0.3) is 0 Å². The molecule has 0 aliphatic heterocycles. The zero-order chi connectivity index (χ0) is 15.3. The lowest BCUT2D eigenvalue weighted by Crippen LogP contribution is -2.16. The van der Waals surface area contributed by atoms with E-state index >= 15 is 0 Å². The number of ether oxygens (including phenoxy) is 1. The number of amides is 1. The normalized spacial score (nSPS) is 11.8. The number of rotatable bonds is 5. The highest BCUT2D eigenvalue weighted by Crippen LogP contribution is 2.20. The van der Waals surface area contributed by atoms with E-state index in [1.807, 2.05) is 0 Å². The fourth-order valence-corrected chi connectivity index (χ4v) is 1.46. The van der Waals surface area contributed by atoms with E-state index in [9.17, 15) is 18.4 Å². The van der Waals surface area contributed by atoms with Crippen LogP contribution in [0.2, 0.25) is 0 Å². The lowest BCUT2D eigenvalue weighted by atomic mass is 10.1. The Morgan fingerprint density at radius 2 is 2.00 bits per heavy atom. The average Bonchev–Trinajstić information content (AvgIpc) is 2.38. The minimum atomic E-state index is -1.07. The highest BCUT2D eigenvalue weighted by molar-refractivity contribution is 5.94. The Balaban J connectivity index is 2.89. The van der Waals surface area contributed by atoms with Gasteiger partial charge in [-0.05, 0) is 19.4 Å². The van der Waals surface area contributed by atoms with Crippen molar-refractivity contribution in [2.24, 2.45) is 0 Å². The maximum atomic E-state index is 13.5. The first-order valence-electron chi connectivity index (χ1n) is 5.90. The molecule has 0 bridgehead atoms. The summed E-state index contributed by atoms with van der Waals surface area (Å²) in [5.74, 6) is -3.59. The van der Waals surface area contributed by atoms with E-state index in [0.717, 1.165) is 13.2 Å². The van der Waals surface area contributed by atoms with Gasteiger partial charge in [-0.25, -0.2) is 13.6 Å². The van der Waals surface area contributed by atoms with E-state index in [1.54, 1.807) is 0 Å². The molecule has 7 heteroatoms. The van der Waals surface area contributed by atoms with E-state index < -0.39 is 35.2 Å². The van der Waals surface area contributed by atoms with Gasteiger partial charge < -0.3 is 15.2 Å². The number of esters is 1. The molecule has 2 N–H and O–H groups in total. The Morgan fingerprint density at radius 3 is 2.55 bits per heavy atom. The van der Waals surface area contributed by atoms with Crippen molar-refractivity contribution < 1.29 is 28.2 Å². The molecule has 0 fully saturated rings. The van der Waals surface area contributed by atoms with Crippen LogP contribution in [-0.2, 0) is 9.53 Å². The second-order valence-corrected chi connectivity index (χ2v) is 4.24. The smallest absolute Gasteiger partial charge is 0.340 e. The summed E-state index contributed by atoms with van der Waals surface area (Å²) in [4.78, 5) is 22.8. The van der Waals surface area contributed by atoms with Crippen molar-refractivity contribution in [1.82, 2.24) is 0 Å². The van der Waals surface area contributed by atoms with Crippen LogP contribution >= 0.6 is 0 Å². The molecule has 0 radical (unpaired) electrons. The summed E-state index contributed by atoms with van der Waals surface area (Å²) in [5.41, 5.74) is -0.790. The fourth-order valence-electron chi connectivity index (χ4n) is 1.46. The first-order valence-corrected chi connectivity index (χ1v) is 5.90. The van der Waals surface area contributed by atoms with Crippen molar-refractivity contribution in [3.8, 4) is 0 Å². The molecular weight excluding hydrogens is 272 g/mol. The van der Waals surface area contributed by atoms with Crippen LogP contribution < -0.4 is 5.32 Å². The maximum absolute atomic E-state index is 13.5. The molecular formula is C13H15F2NO4. The van der Waals surface area contributed by atoms with Crippen LogP contribution in [0.25, 0.3) is 0 Å². The van der Waals surface area contributed by atoms with Crippen molar-refractivity contribution in [3.63, 3.8) is 0 Å². The van der Waals surface area contributed by atoms with Crippen LogP contribution in [0.3, 0.4) is 0 Å². The van der Waals surface area contributed by atoms with Crippen LogP contribution in [0.4, 0.5) is 14.5 Å². The van der Waals surface area contributed by atoms with Gasteiger partial charge in [0.15, 0.2) is 0 Å². The average molecular weight is 287 g/mol. The first kappa shape index (κ1) is 16.0. The number of halogens is 2. The van der Waals surface area contributed by atoms with E-state index in [4.69, 9.17) is 5.11 Å². The van der Waals surface area contributed by atoms with Gasteiger partial charge in [-0.2, -0.15) is 0 Å². The standard InChI is InChI=1S/C13H15F2NO4/c1-7(17)3-4-12(18)16-11-5-8(13(19)20-2)9(14)6-10(11)15/h5-7,17H,3-4H2,1-2H3,(H,16,18). The summed E-state index contributed by atoms with van der Waals surface area (Å²) in [6.07, 6.45) is -0.481. The van der Waals surface area contributed by atoms with Crippen LogP contribution in [0.15, 0.2) is 12.1 Å². The summed E-state index contributed by atoms with van der Waals surface area (Å²) >= 11 is 0. The number of anilines is 1. The third-order valence-electron chi connectivity index (χ3n) is 2.53. The molecule has 20 heavy (non-hydrogen) atoms. The van der Waals surface area contributed by atoms with Gasteiger partial charge in [-0.15, -0.1) is 0 Å². The second kappa shape index (κ2) is 6.95. The predicted molar refractivity (Wildman–Crippen MR) is 67.2 cm³/mol. The van der Waals surface area contributed by atoms with Gasteiger partial charge in [-0.1, -0.05) is 0 Å². The number of hydrogen-bond acceptors (Lipinski definition) is 4. The molecule has 1 aromatic carbocycles. The second-order valence-electron chi connectivity index (χ2n) is 4.24. The van der Waals surface area contributed by atoms with Crippen molar-refractivity contribution in [2.75, 3.05) is 12.4 Å². The third-order valence-corrected chi connectivity index (χ3v) is 2.53. The molecule has 1 unspecified atom stereocenters. The molecule has 0 heterocycles. The molecule has 0 aliphatic carbocycles. The zero-order valence-corrected chi connectivity index (χ0v) is 11.1. The van der Waals surface area contributed by atoms with Gasteiger partial charge in [0.05, 0.1) is 24.5 Å².